The van der Waals surface area contributed by atoms with Crippen LogP contribution >= 0.6 is 0 Å². The highest BCUT2D eigenvalue weighted by atomic mass is 19.1. The summed E-state index contributed by atoms with van der Waals surface area (Å²) in [6, 6.07) is 6.26. The number of anilines is 1. The quantitative estimate of drug-likeness (QED) is 0.900. The lowest BCUT2D eigenvalue weighted by Gasteiger charge is -2.41. The number of amides is 1. The number of hydrogen-bond acceptors (Lipinski definition) is 3. The molecule has 1 saturated carbocycles. The van der Waals surface area contributed by atoms with Gasteiger partial charge in [0.1, 0.15) is 5.82 Å². The average Bonchev–Trinajstić information content (AvgIpc) is 2.55. The Bertz CT molecular complexity index is 544. The van der Waals surface area contributed by atoms with Crippen molar-refractivity contribution in [3.8, 4) is 0 Å². The van der Waals surface area contributed by atoms with Gasteiger partial charge < -0.3 is 10.4 Å². The van der Waals surface area contributed by atoms with Crippen LogP contribution in [0, 0.1) is 11.7 Å². The lowest BCUT2D eigenvalue weighted by molar-refractivity contribution is -0.121. The topological polar surface area (TPSA) is 52.6 Å². The molecule has 2 atom stereocenters. The van der Waals surface area contributed by atoms with E-state index in [-0.39, 0.29) is 29.8 Å². The molecule has 2 N–H and O–H groups in total. The summed E-state index contributed by atoms with van der Waals surface area (Å²) in [4.78, 5) is 14.7. The molecule has 2 fully saturated rings. The molecule has 126 valence electrons. The predicted molar refractivity (Wildman–Crippen MR) is 87.6 cm³/mol. The Labute approximate surface area is 136 Å². The second-order valence-corrected chi connectivity index (χ2v) is 6.73. The van der Waals surface area contributed by atoms with Crippen LogP contribution in [0.5, 0.6) is 0 Å². The van der Waals surface area contributed by atoms with Crippen molar-refractivity contribution in [3.05, 3.63) is 30.1 Å². The van der Waals surface area contributed by atoms with Gasteiger partial charge in [-0.1, -0.05) is 18.9 Å². The van der Waals surface area contributed by atoms with Crippen LogP contribution in [0.25, 0.3) is 0 Å². The van der Waals surface area contributed by atoms with Gasteiger partial charge in [-0.25, -0.2) is 4.39 Å². The molecule has 4 nitrogen and oxygen atoms in total. The van der Waals surface area contributed by atoms with Crippen molar-refractivity contribution in [2.75, 3.05) is 18.4 Å². The Morgan fingerprint density at radius 2 is 1.91 bits per heavy atom. The molecule has 23 heavy (non-hydrogen) atoms. The van der Waals surface area contributed by atoms with Crippen molar-refractivity contribution < 1.29 is 14.3 Å². The fraction of sp³-hybridized carbons (Fsp3) is 0.611. The first-order chi connectivity index (χ1) is 11.1. The number of aliphatic hydroxyl groups excluding tert-OH is 1. The van der Waals surface area contributed by atoms with Gasteiger partial charge >= 0.3 is 0 Å². The molecule has 1 saturated heterocycles. The van der Waals surface area contributed by atoms with Crippen LogP contribution in [0.1, 0.15) is 38.5 Å². The number of hydrogen-bond donors (Lipinski definition) is 2. The van der Waals surface area contributed by atoms with Crippen molar-refractivity contribution in [2.45, 2.75) is 50.7 Å². The maximum atomic E-state index is 13.2. The zero-order valence-electron chi connectivity index (χ0n) is 13.4. The van der Waals surface area contributed by atoms with E-state index in [9.17, 15) is 14.3 Å². The first kappa shape index (κ1) is 16.4. The predicted octanol–water partition coefficient (Wildman–Crippen LogP) is 2.78. The number of likely N-dealkylation sites (tertiary alicyclic amines) is 1. The maximum Gasteiger partial charge on any atom is 0.227 e. The van der Waals surface area contributed by atoms with Gasteiger partial charge in [-0.05, 0) is 57.0 Å². The molecular weight excluding hydrogens is 295 g/mol. The molecule has 1 heterocycles. The fourth-order valence-electron chi connectivity index (χ4n) is 3.82. The zero-order valence-corrected chi connectivity index (χ0v) is 13.4. The number of carbonyl (C=O) groups is 1. The molecule has 1 aromatic rings. The van der Waals surface area contributed by atoms with Crippen molar-refractivity contribution in [2.24, 2.45) is 5.92 Å². The minimum Gasteiger partial charge on any atom is -0.391 e. The maximum absolute atomic E-state index is 13.2. The Morgan fingerprint density at radius 3 is 2.61 bits per heavy atom. The molecule has 0 bridgehead atoms. The second kappa shape index (κ2) is 7.41. The number of piperidine rings is 1. The molecule has 2 aliphatic rings. The third kappa shape index (κ3) is 4.09. The lowest BCUT2D eigenvalue weighted by atomic mass is 9.88. The molecule has 0 aromatic heterocycles. The first-order valence-electron chi connectivity index (χ1n) is 8.62. The van der Waals surface area contributed by atoms with Gasteiger partial charge in [0.2, 0.25) is 5.91 Å². The van der Waals surface area contributed by atoms with Gasteiger partial charge in [0.25, 0.3) is 0 Å². The van der Waals surface area contributed by atoms with Crippen molar-refractivity contribution >= 4 is 11.6 Å². The minimum absolute atomic E-state index is 0.0283. The van der Waals surface area contributed by atoms with Crippen LogP contribution in [0.15, 0.2) is 24.3 Å². The summed E-state index contributed by atoms with van der Waals surface area (Å²) in [6.45, 7) is 1.70. The van der Waals surface area contributed by atoms with Crippen molar-refractivity contribution in [1.29, 1.82) is 0 Å². The summed E-state index contributed by atoms with van der Waals surface area (Å²) in [5.74, 6) is -0.404. The monoisotopic (exact) mass is 320 g/mol. The zero-order chi connectivity index (χ0) is 16.2. The van der Waals surface area contributed by atoms with E-state index < -0.39 is 0 Å². The number of nitrogens with one attached hydrogen (secondary N) is 1. The molecule has 1 aromatic carbocycles. The van der Waals surface area contributed by atoms with Crippen LogP contribution in [-0.4, -0.2) is 41.1 Å². The second-order valence-electron chi connectivity index (χ2n) is 6.73. The van der Waals surface area contributed by atoms with Gasteiger partial charge in [0, 0.05) is 17.6 Å². The molecule has 0 spiro atoms. The van der Waals surface area contributed by atoms with Crippen LogP contribution in [0.3, 0.4) is 0 Å². The number of aliphatic hydroxyl groups is 1. The number of rotatable bonds is 3. The van der Waals surface area contributed by atoms with Gasteiger partial charge in [0.05, 0.1) is 6.10 Å². The molecule has 0 unspecified atom stereocenters. The number of benzene rings is 1. The summed E-state index contributed by atoms with van der Waals surface area (Å²) >= 11 is 0. The Balaban J connectivity index is 1.51. The van der Waals surface area contributed by atoms with Gasteiger partial charge in [-0.15, -0.1) is 0 Å². The van der Waals surface area contributed by atoms with Crippen molar-refractivity contribution in [1.82, 2.24) is 4.90 Å². The molecule has 0 radical (unpaired) electrons. The highest BCUT2D eigenvalue weighted by molar-refractivity contribution is 5.92. The van der Waals surface area contributed by atoms with Gasteiger partial charge in [-0.3, -0.25) is 9.69 Å². The van der Waals surface area contributed by atoms with Gasteiger partial charge in [-0.2, -0.15) is 0 Å². The summed E-state index contributed by atoms with van der Waals surface area (Å²) in [7, 11) is 0. The SMILES string of the molecule is O=C(Nc1cccc(F)c1)C1CCN([C@@H]2CCCC[C@H]2O)CC1. The number of carbonyl (C=O) groups excluding carboxylic acids is 1. The summed E-state index contributed by atoms with van der Waals surface area (Å²) in [5, 5.41) is 13.0. The van der Waals surface area contributed by atoms with E-state index in [1.807, 2.05) is 0 Å². The lowest BCUT2D eigenvalue weighted by Crippen LogP contribution is -2.49. The van der Waals surface area contributed by atoms with E-state index in [1.54, 1.807) is 12.1 Å². The van der Waals surface area contributed by atoms with Crippen molar-refractivity contribution in [3.63, 3.8) is 0 Å². The highest BCUT2D eigenvalue weighted by Crippen LogP contribution is 2.28. The van der Waals surface area contributed by atoms with Crippen LogP contribution in [0.4, 0.5) is 10.1 Å². The molecule has 1 amide bonds. The number of halogens is 1. The Kier molecular flexibility index (Phi) is 5.28. The van der Waals surface area contributed by atoms with E-state index in [0.29, 0.717) is 5.69 Å². The summed E-state index contributed by atoms with van der Waals surface area (Å²) in [5.41, 5.74) is 0.514. The summed E-state index contributed by atoms with van der Waals surface area (Å²) in [6.07, 6.45) is 5.62. The van der Waals surface area contributed by atoms with E-state index in [0.717, 1.165) is 45.2 Å². The third-order valence-corrected chi connectivity index (χ3v) is 5.16. The van der Waals surface area contributed by atoms with Gasteiger partial charge in [0.15, 0.2) is 0 Å². The molecule has 1 aliphatic heterocycles. The van der Waals surface area contributed by atoms with E-state index in [1.165, 1.54) is 18.6 Å². The van der Waals surface area contributed by atoms with Crippen LogP contribution in [0.2, 0.25) is 0 Å². The normalized spacial score (nSPS) is 26.9. The standard InChI is InChI=1S/C18H25FN2O2/c19-14-4-3-5-15(12-14)20-18(23)13-8-10-21(11-9-13)16-6-1-2-7-17(16)22/h3-5,12-13,16-17,22H,1-2,6-11H2,(H,20,23)/t16-,17-/m1/s1. The first-order valence-corrected chi connectivity index (χ1v) is 8.62. The minimum atomic E-state index is -0.344. The van der Waals surface area contributed by atoms with Crippen LogP contribution in [-0.2, 0) is 4.79 Å². The number of nitrogens with zero attached hydrogens (tertiary/aromatic N) is 1. The van der Waals surface area contributed by atoms with E-state index in [4.69, 9.17) is 0 Å². The third-order valence-electron chi connectivity index (χ3n) is 5.16. The summed E-state index contributed by atoms with van der Waals surface area (Å²) < 4.78 is 13.2. The van der Waals surface area contributed by atoms with Crippen LogP contribution < -0.4 is 5.32 Å². The smallest absolute Gasteiger partial charge is 0.227 e. The molecular formula is C18H25FN2O2. The Morgan fingerprint density at radius 1 is 1.17 bits per heavy atom. The fourth-order valence-corrected chi connectivity index (χ4v) is 3.82. The Hall–Kier alpha value is -1.46. The largest absolute Gasteiger partial charge is 0.391 e. The molecule has 1 aliphatic carbocycles. The molecule has 5 heteroatoms. The average molecular weight is 320 g/mol. The van der Waals surface area contributed by atoms with E-state index >= 15 is 0 Å². The van der Waals surface area contributed by atoms with E-state index in [2.05, 4.69) is 10.2 Å². The highest BCUT2D eigenvalue weighted by Gasteiger charge is 2.33. The molecule has 3 rings (SSSR count).